The molecule has 3 heteroatoms. The van der Waals surface area contributed by atoms with Crippen LogP contribution in [0.15, 0.2) is 30.4 Å². The second-order valence-corrected chi connectivity index (χ2v) is 7.37. The molecule has 0 saturated heterocycles. The number of aryl methyl sites for hydroxylation is 1. The Balaban J connectivity index is 1.94. The molecule has 3 nitrogen and oxygen atoms in total. The van der Waals surface area contributed by atoms with Gasteiger partial charge in [-0.3, -0.25) is 0 Å². The summed E-state index contributed by atoms with van der Waals surface area (Å²) in [7, 11) is 0. The number of hydrogen-bond acceptors (Lipinski definition) is 3. The molecule has 0 aliphatic rings. The molecule has 1 aromatic rings. The molecule has 0 aliphatic heterocycles. The van der Waals surface area contributed by atoms with Gasteiger partial charge in [0.25, 0.3) is 0 Å². The van der Waals surface area contributed by atoms with Crippen molar-refractivity contribution in [3.8, 4) is 11.5 Å². The van der Waals surface area contributed by atoms with E-state index in [1.807, 2.05) is 0 Å². The van der Waals surface area contributed by atoms with Crippen LogP contribution in [-0.2, 0) is 6.42 Å². The van der Waals surface area contributed by atoms with E-state index >= 15 is 0 Å². The van der Waals surface area contributed by atoms with Crippen LogP contribution in [0.25, 0.3) is 0 Å². The number of aliphatic hydroxyl groups is 1. The molecule has 0 fully saturated rings. The standard InChI is InChI=1S/C23H38O3/c1-2-3-4-12-15-21(24)16-13-10-8-6-5-7-9-11-14-20-17-22(25)19-23(26)18-20/h10,13,17-19,21,24-26H,2-9,11-12,14-16H2,1H3/b13-10-/t21-/m1/s1. The summed E-state index contributed by atoms with van der Waals surface area (Å²) in [6.07, 6.45) is 18.7. The number of phenols is 2. The van der Waals surface area contributed by atoms with Gasteiger partial charge in [0, 0.05) is 6.07 Å². The Labute approximate surface area is 159 Å². The number of aliphatic hydroxyl groups excluding tert-OH is 1. The molecule has 0 saturated carbocycles. The molecule has 0 bridgehead atoms. The third-order valence-electron chi connectivity index (χ3n) is 4.76. The predicted octanol–water partition coefficient (Wildman–Crippen LogP) is 6.26. The van der Waals surface area contributed by atoms with E-state index in [-0.39, 0.29) is 17.6 Å². The third-order valence-corrected chi connectivity index (χ3v) is 4.76. The normalized spacial score (nSPS) is 12.7. The number of unbranched alkanes of at least 4 members (excludes halogenated alkanes) is 8. The molecule has 0 radical (unpaired) electrons. The van der Waals surface area contributed by atoms with Gasteiger partial charge in [0.2, 0.25) is 0 Å². The molecule has 0 aliphatic carbocycles. The van der Waals surface area contributed by atoms with E-state index in [2.05, 4.69) is 19.1 Å². The Bertz CT molecular complexity index is 476. The van der Waals surface area contributed by atoms with Crippen molar-refractivity contribution in [2.45, 2.75) is 96.5 Å². The van der Waals surface area contributed by atoms with Crippen LogP contribution in [0, 0.1) is 0 Å². The van der Waals surface area contributed by atoms with E-state index in [9.17, 15) is 15.3 Å². The summed E-state index contributed by atoms with van der Waals surface area (Å²) >= 11 is 0. The number of aromatic hydroxyl groups is 2. The summed E-state index contributed by atoms with van der Waals surface area (Å²) in [6, 6.07) is 4.81. The number of hydrogen-bond donors (Lipinski definition) is 3. The molecule has 0 spiro atoms. The van der Waals surface area contributed by atoms with Gasteiger partial charge >= 0.3 is 0 Å². The molecule has 3 N–H and O–H groups in total. The Morgan fingerprint density at radius 2 is 1.46 bits per heavy atom. The van der Waals surface area contributed by atoms with Crippen LogP contribution in [-0.4, -0.2) is 21.4 Å². The lowest BCUT2D eigenvalue weighted by atomic mass is 10.0. The minimum absolute atomic E-state index is 0.137. The largest absolute Gasteiger partial charge is 0.508 e. The fourth-order valence-corrected chi connectivity index (χ4v) is 3.22. The van der Waals surface area contributed by atoms with Crippen LogP contribution in [0.5, 0.6) is 11.5 Å². The first kappa shape index (κ1) is 22.6. The fourth-order valence-electron chi connectivity index (χ4n) is 3.22. The summed E-state index contributed by atoms with van der Waals surface area (Å²) in [6.45, 7) is 2.21. The van der Waals surface area contributed by atoms with Crippen LogP contribution in [0.1, 0.15) is 89.5 Å². The second kappa shape index (κ2) is 14.7. The van der Waals surface area contributed by atoms with E-state index in [1.54, 1.807) is 12.1 Å². The SMILES string of the molecule is CCCCCC[C@@H](O)C/C=C\CCCCCCCc1cc(O)cc(O)c1. The highest BCUT2D eigenvalue weighted by Crippen LogP contribution is 2.22. The minimum atomic E-state index is -0.167. The van der Waals surface area contributed by atoms with Gasteiger partial charge in [-0.1, -0.05) is 64.0 Å². The zero-order chi connectivity index (χ0) is 19.0. The van der Waals surface area contributed by atoms with Gasteiger partial charge in [-0.15, -0.1) is 0 Å². The maximum atomic E-state index is 9.89. The lowest BCUT2D eigenvalue weighted by Crippen LogP contribution is -2.04. The number of allylic oxidation sites excluding steroid dienone is 1. The Morgan fingerprint density at radius 3 is 2.19 bits per heavy atom. The maximum Gasteiger partial charge on any atom is 0.119 e. The maximum absolute atomic E-state index is 9.89. The molecule has 26 heavy (non-hydrogen) atoms. The highest BCUT2D eigenvalue weighted by atomic mass is 16.3. The summed E-state index contributed by atoms with van der Waals surface area (Å²) in [5, 5.41) is 28.8. The van der Waals surface area contributed by atoms with Crippen molar-refractivity contribution in [3.63, 3.8) is 0 Å². The van der Waals surface area contributed by atoms with Gasteiger partial charge < -0.3 is 15.3 Å². The van der Waals surface area contributed by atoms with Gasteiger partial charge in [-0.2, -0.15) is 0 Å². The summed E-state index contributed by atoms with van der Waals surface area (Å²) in [5.74, 6) is 0.274. The van der Waals surface area contributed by atoms with Crippen molar-refractivity contribution in [1.82, 2.24) is 0 Å². The first-order valence-electron chi connectivity index (χ1n) is 10.5. The van der Waals surface area contributed by atoms with Gasteiger partial charge in [-0.25, -0.2) is 0 Å². The van der Waals surface area contributed by atoms with Gasteiger partial charge in [0.05, 0.1) is 6.10 Å². The quantitative estimate of drug-likeness (QED) is 0.255. The van der Waals surface area contributed by atoms with Gasteiger partial charge in [0.15, 0.2) is 0 Å². The molecule has 148 valence electrons. The summed E-state index contributed by atoms with van der Waals surface area (Å²) in [5.41, 5.74) is 0.999. The average molecular weight is 363 g/mol. The van der Waals surface area contributed by atoms with Crippen molar-refractivity contribution in [1.29, 1.82) is 0 Å². The Hall–Kier alpha value is -1.48. The van der Waals surface area contributed by atoms with E-state index < -0.39 is 0 Å². The lowest BCUT2D eigenvalue weighted by Gasteiger charge is -2.07. The van der Waals surface area contributed by atoms with E-state index in [0.29, 0.717) is 0 Å². The van der Waals surface area contributed by atoms with Crippen LogP contribution in [0.4, 0.5) is 0 Å². The molecule has 1 rings (SSSR count). The molecule has 0 unspecified atom stereocenters. The third kappa shape index (κ3) is 12.0. The van der Waals surface area contributed by atoms with Crippen molar-refractivity contribution in [2.75, 3.05) is 0 Å². The van der Waals surface area contributed by atoms with Crippen LogP contribution in [0.3, 0.4) is 0 Å². The number of phenolic OH excluding ortho intramolecular Hbond substituents is 2. The number of benzene rings is 1. The Kier molecular flexibility index (Phi) is 12.7. The molecule has 0 amide bonds. The zero-order valence-electron chi connectivity index (χ0n) is 16.5. The van der Waals surface area contributed by atoms with Crippen LogP contribution >= 0.6 is 0 Å². The van der Waals surface area contributed by atoms with E-state index in [0.717, 1.165) is 44.1 Å². The van der Waals surface area contributed by atoms with Crippen LogP contribution in [0.2, 0.25) is 0 Å². The molecule has 1 aromatic carbocycles. The first-order valence-corrected chi connectivity index (χ1v) is 10.5. The summed E-state index contributed by atoms with van der Waals surface area (Å²) in [4.78, 5) is 0. The molecular formula is C23H38O3. The van der Waals surface area contributed by atoms with E-state index in [1.165, 1.54) is 51.0 Å². The predicted molar refractivity (Wildman–Crippen MR) is 110 cm³/mol. The Morgan fingerprint density at radius 1 is 0.808 bits per heavy atom. The van der Waals surface area contributed by atoms with Crippen molar-refractivity contribution >= 4 is 0 Å². The molecular weight excluding hydrogens is 324 g/mol. The smallest absolute Gasteiger partial charge is 0.119 e. The highest BCUT2D eigenvalue weighted by molar-refractivity contribution is 5.36. The topological polar surface area (TPSA) is 60.7 Å². The van der Waals surface area contributed by atoms with Gasteiger partial charge in [0.1, 0.15) is 11.5 Å². The van der Waals surface area contributed by atoms with Crippen LogP contribution < -0.4 is 0 Å². The molecule has 0 heterocycles. The summed E-state index contributed by atoms with van der Waals surface area (Å²) < 4.78 is 0. The molecule has 0 aromatic heterocycles. The van der Waals surface area contributed by atoms with Crippen molar-refractivity contribution in [3.05, 3.63) is 35.9 Å². The lowest BCUT2D eigenvalue weighted by molar-refractivity contribution is 0.163. The van der Waals surface area contributed by atoms with Crippen molar-refractivity contribution in [2.24, 2.45) is 0 Å². The number of rotatable bonds is 15. The minimum Gasteiger partial charge on any atom is -0.508 e. The average Bonchev–Trinajstić information content (AvgIpc) is 2.59. The highest BCUT2D eigenvalue weighted by Gasteiger charge is 2.01. The first-order chi connectivity index (χ1) is 12.6. The van der Waals surface area contributed by atoms with Gasteiger partial charge in [-0.05, 0) is 56.2 Å². The van der Waals surface area contributed by atoms with E-state index in [4.69, 9.17) is 0 Å². The zero-order valence-corrected chi connectivity index (χ0v) is 16.5. The second-order valence-electron chi connectivity index (χ2n) is 7.37. The fraction of sp³-hybridized carbons (Fsp3) is 0.652. The van der Waals surface area contributed by atoms with Crippen molar-refractivity contribution < 1.29 is 15.3 Å². The molecule has 1 atom stereocenters. The monoisotopic (exact) mass is 362 g/mol.